The zero-order valence-corrected chi connectivity index (χ0v) is 18.3. The van der Waals surface area contributed by atoms with E-state index in [1.807, 2.05) is 0 Å². The van der Waals surface area contributed by atoms with E-state index >= 15 is 0 Å². The molecular formula is C22H19F5N6O. The minimum absolute atomic E-state index is 0.00460. The number of benzene rings is 1. The zero-order valence-electron chi connectivity index (χ0n) is 18.3. The van der Waals surface area contributed by atoms with Gasteiger partial charge in [-0.15, -0.1) is 0 Å². The molecule has 0 spiro atoms. The molecule has 0 aliphatic rings. The number of hydrogen-bond donors (Lipinski definition) is 1. The average Bonchev–Trinajstić information content (AvgIpc) is 3.29. The van der Waals surface area contributed by atoms with Gasteiger partial charge in [-0.05, 0) is 44.5 Å². The van der Waals surface area contributed by atoms with Crippen molar-refractivity contribution in [2.75, 3.05) is 5.32 Å². The molecule has 12 heteroatoms. The first-order valence-corrected chi connectivity index (χ1v) is 10.1. The molecule has 0 unspecified atom stereocenters. The largest absolute Gasteiger partial charge is 0.416 e. The Morgan fingerprint density at radius 2 is 1.88 bits per heavy atom. The van der Waals surface area contributed by atoms with Crippen LogP contribution in [0.15, 0.2) is 36.5 Å². The van der Waals surface area contributed by atoms with Crippen molar-refractivity contribution in [3.63, 3.8) is 0 Å². The third-order valence-corrected chi connectivity index (χ3v) is 5.30. The Morgan fingerprint density at radius 3 is 2.56 bits per heavy atom. The van der Waals surface area contributed by atoms with Gasteiger partial charge in [0.1, 0.15) is 11.3 Å². The molecule has 1 amide bonds. The second kappa shape index (κ2) is 8.50. The number of halogens is 5. The van der Waals surface area contributed by atoms with Gasteiger partial charge in [0.05, 0.1) is 35.4 Å². The van der Waals surface area contributed by atoms with Gasteiger partial charge in [-0.25, -0.2) is 18.3 Å². The van der Waals surface area contributed by atoms with E-state index < -0.39 is 24.1 Å². The molecule has 0 saturated carbocycles. The van der Waals surface area contributed by atoms with Crippen LogP contribution >= 0.6 is 0 Å². The van der Waals surface area contributed by atoms with Crippen LogP contribution in [0.25, 0.3) is 5.65 Å². The molecule has 0 radical (unpaired) electrons. The van der Waals surface area contributed by atoms with Crippen LogP contribution in [0.4, 0.5) is 27.6 Å². The van der Waals surface area contributed by atoms with E-state index in [0.717, 1.165) is 22.8 Å². The number of amides is 1. The van der Waals surface area contributed by atoms with Crippen LogP contribution in [0.2, 0.25) is 0 Å². The molecular weight excluding hydrogens is 459 g/mol. The summed E-state index contributed by atoms with van der Waals surface area (Å²) in [4.78, 5) is 17.1. The van der Waals surface area contributed by atoms with E-state index in [9.17, 15) is 26.7 Å². The number of fused-ring (bicyclic) bond motifs is 1. The number of hydrogen-bond acceptors (Lipinski definition) is 4. The van der Waals surface area contributed by atoms with Gasteiger partial charge in [0, 0.05) is 5.69 Å². The standard InChI is InChI=1S/C22H19F5N6O/c1-11-7-17(19(23)24)33-20(29-11)16(9-28-33)21(34)30-18-12(2)31-32(13(18)3)10-14-5-4-6-15(8-14)22(25,26)27/h4-9,19H,10H2,1-3H3,(H,30,34). The van der Waals surface area contributed by atoms with Crippen molar-refractivity contribution in [2.45, 2.75) is 39.9 Å². The lowest BCUT2D eigenvalue weighted by Crippen LogP contribution is -2.14. The SMILES string of the molecule is Cc1cc(C(F)F)n2ncc(C(=O)Nc3c(C)nn(Cc4cccc(C(F)(F)F)c4)c3C)c2n1. The molecule has 178 valence electrons. The first-order chi connectivity index (χ1) is 16.0. The number of rotatable bonds is 5. The van der Waals surface area contributed by atoms with Gasteiger partial charge < -0.3 is 5.32 Å². The van der Waals surface area contributed by atoms with E-state index in [1.165, 1.54) is 23.7 Å². The van der Waals surface area contributed by atoms with E-state index in [1.54, 1.807) is 19.9 Å². The first-order valence-electron chi connectivity index (χ1n) is 10.1. The Hall–Kier alpha value is -3.83. The van der Waals surface area contributed by atoms with Gasteiger partial charge in [0.25, 0.3) is 12.3 Å². The monoisotopic (exact) mass is 478 g/mol. The molecule has 0 aliphatic heterocycles. The van der Waals surface area contributed by atoms with Crippen molar-refractivity contribution in [3.8, 4) is 0 Å². The highest BCUT2D eigenvalue weighted by Gasteiger charge is 2.30. The molecule has 34 heavy (non-hydrogen) atoms. The van der Waals surface area contributed by atoms with E-state index in [-0.39, 0.29) is 23.4 Å². The van der Waals surface area contributed by atoms with E-state index in [4.69, 9.17) is 0 Å². The zero-order chi connectivity index (χ0) is 24.8. The highest BCUT2D eigenvalue weighted by molar-refractivity contribution is 6.08. The highest BCUT2D eigenvalue weighted by Crippen LogP contribution is 2.30. The molecule has 0 atom stereocenters. The molecule has 1 aromatic carbocycles. The fourth-order valence-electron chi connectivity index (χ4n) is 3.66. The van der Waals surface area contributed by atoms with Gasteiger partial charge in [-0.3, -0.25) is 9.48 Å². The Labute approximate surface area is 190 Å². The predicted octanol–water partition coefficient (Wildman–Crippen LogP) is 5.11. The predicted molar refractivity (Wildman–Crippen MR) is 113 cm³/mol. The maximum absolute atomic E-state index is 13.3. The van der Waals surface area contributed by atoms with Crippen LogP contribution in [0.3, 0.4) is 0 Å². The molecule has 1 N–H and O–H groups in total. The molecule has 4 rings (SSSR count). The second-order valence-corrected chi connectivity index (χ2v) is 7.77. The summed E-state index contributed by atoms with van der Waals surface area (Å²) in [6.07, 6.45) is -6.12. The van der Waals surface area contributed by atoms with Crippen molar-refractivity contribution >= 4 is 17.2 Å². The number of alkyl halides is 5. The Bertz CT molecular complexity index is 1390. The van der Waals surface area contributed by atoms with Crippen LogP contribution in [-0.2, 0) is 12.7 Å². The van der Waals surface area contributed by atoms with Crippen LogP contribution in [0, 0.1) is 20.8 Å². The molecule has 3 aromatic heterocycles. The average molecular weight is 478 g/mol. The molecule has 4 aromatic rings. The lowest BCUT2D eigenvalue weighted by molar-refractivity contribution is -0.137. The van der Waals surface area contributed by atoms with Crippen molar-refractivity contribution in [1.82, 2.24) is 24.4 Å². The summed E-state index contributed by atoms with van der Waals surface area (Å²) in [5.74, 6) is -0.627. The summed E-state index contributed by atoms with van der Waals surface area (Å²) < 4.78 is 68.1. The van der Waals surface area contributed by atoms with Crippen molar-refractivity contribution in [3.05, 3.63) is 76.0 Å². The smallest absolute Gasteiger partial charge is 0.319 e. The number of aryl methyl sites for hydroxylation is 2. The summed E-state index contributed by atoms with van der Waals surface area (Å²) in [5.41, 5.74) is 0.831. The number of nitrogens with zero attached hydrogens (tertiary/aromatic N) is 5. The van der Waals surface area contributed by atoms with Crippen molar-refractivity contribution in [1.29, 1.82) is 0 Å². The third-order valence-electron chi connectivity index (χ3n) is 5.30. The third kappa shape index (κ3) is 4.35. The fourth-order valence-corrected chi connectivity index (χ4v) is 3.66. The molecule has 0 aliphatic carbocycles. The summed E-state index contributed by atoms with van der Waals surface area (Å²) in [6.45, 7) is 4.89. The van der Waals surface area contributed by atoms with Crippen molar-refractivity contribution < 1.29 is 26.7 Å². The Balaban J connectivity index is 1.62. The Morgan fingerprint density at radius 1 is 1.15 bits per heavy atom. The molecule has 0 bridgehead atoms. The normalized spacial score (nSPS) is 12.0. The lowest BCUT2D eigenvalue weighted by atomic mass is 10.1. The van der Waals surface area contributed by atoms with Gasteiger partial charge in [-0.1, -0.05) is 12.1 Å². The van der Waals surface area contributed by atoms with Crippen LogP contribution < -0.4 is 5.32 Å². The molecule has 3 heterocycles. The number of anilines is 1. The minimum Gasteiger partial charge on any atom is -0.319 e. The van der Waals surface area contributed by atoms with Gasteiger partial charge in [-0.2, -0.15) is 23.4 Å². The molecule has 0 fully saturated rings. The number of carbonyl (C=O) groups excluding carboxylic acids is 1. The second-order valence-electron chi connectivity index (χ2n) is 7.77. The maximum Gasteiger partial charge on any atom is 0.416 e. The number of nitrogens with one attached hydrogen (secondary N) is 1. The van der Waals surface area contributed by atoms with E-state index in [2.05, 4.69) is 20.5 Å². The maximum atomic E-state index is 13.3. The lowest BCUT2D eigenvalue weighted by Gasteiger charge is -2.10. The van der Waals surface area contributed by atoms with Crippen LogP contribution in [0.1, 0.15) is 50.7 Å². The quantitative estimate of drug-likeness (QED) is 0.405. The fraction of sp³-hybridized carbons (Fsp3) is 0.273. The molecule has 7 nitrogen and oxygen atoms in total. The number of aromatic nitrogens is 5. The summed E-state index contributed by atoms with van der Waals surface area (Å²) in [5, 5.41) is 10.9. The van der Waals surface area contributed by atoms with Gasteiger partial charge in [0.2, 0.25) is 0 Å². The summed E-state index contributed by atoms with van der Waals surface area (Å²) >= 11 is 0. The van der Waals surface area contributed by atoms with Gasteiger partial charge in [0.15, 0.2) is 5.65 Å². The van der Waals surface area contributed by atoms with Crippen LogP contribution in [-0.4, -0.2) is 30.3 Å². The highest BCUT2D eigenvalue weighted by atomic mass is 19.4. The van der Waals surface area contributed by atoms with E-state index in [0.29, 0.717) is 28.3 Å². The Kier molecular flexibility index (Phi) is 5.84. The first kappa shape index (κ1) is 23.3. The van der Waals surface area contributed by atoms with Gasteiger partial charge >= 0.3 is 6.18 Å². The van der Waals surface area contributed by atoms with Crippen molar-refractivity contribution in [2.24, 2.45) is 0 Å². The van der Waals surface area contributed by atoms with Crippen LogP contribution in [0.5, 0.6) is 0 Å². The summed E-state index contributed by atoms with van der Waals surface area (Å²) in [6, 6.07) is 6.10. The minimum atomic E-state index is -4.46. The molecule has 0 saturated heterocycles. The number of carbonyl (C=O) groups is 1. The summed E-state index contributed by atoms with van der Waals surface area (Å²) in [7, 11) is 0. The topological polar surface area (TPSA) is 77.1 Å².